The van der Waals surface area contributed by atoms with Gasteiger partial charge in [-0.25, -0.2) is 0 Å². The lowest BCUT2D eigenvalue weighted by molar-refractivity contribution is 1.74. The number of hydrogen-bond acceptors (Lipinski definition) is 1. The maximum absolute atomic E-state index is 5.72. The van der Waals surface area contributed by atoms with Gasteiger partial charge in [-0.2, -0.15) is 0 Å². The summed E-state index contributed by atoms with van der Waals surface area (Å²) in [6.07, 6.45) is 0. The lowest BCUT2D eigenvalue weighted by atomic mass is 10.4. The molecule has 0 amide bonds. The monoisotopic (exact) mass is 157 g/mol. The third-order valence-corrected chi connectivity index (χ3v) is 2.90. The minimum atomic E-state index is -1.56. The van der Waals surface area contributed by atoms with E-state index in [0.717, 1.165) is 5.19 Å². The maximum Gasteiger partial charge on any atom is 0.239 e. The predicted octanol–water partition coefficient (Wildman–Crippen LogP) is 0.312. The van der Waals surface area contributed by atoms with Crippen molar-refractivity contribution in [2.75, 3.05) is 0 Å². The second kappa shape index (κ2) is 3.01. The summed E-state index contributed by atoms with van der Waals surface area (Å²) in [5.74, 6) is 0. The van der Waals surface area contributed by atoms with Crippen LogP contribution in [0.15, 0.2) is 30.3 Å². The van der Waals surface area contributed by atoms with Crippen molar-refractivity contribution in [3.63, 3.8) is 0 Å². The molecule has 0 radical (unpaired) electrons. The Bertz CT molecular complexity index is 176. The number of halogens is 1. The van der Waals surface area contributed by atoms with Crippen LogP contribution >= 0.6 is 11.1 Å². The maximum atomic E-state index is 5.72. The molecule has 0 spiro atoms. The number of hydrogen-bond donors (Lipinski definition) is 1. The van der Waals surface area contributed by atoms with Crippen LogP contribution in [-0.4, -0.2) is 8.27 Å². The number of nitrogens with two attached hydrogens (primary N) is 1. The molecule has 0 aliphatic carbocycles. The molecule has 1 nitrogen and oxygen atoms in total. The molecule has 1 atom stereocenters. The van der Waals surface area contributed by atoms with Gasteiger partial charge in [0.05, 0.1) is 0 Å². The van der Waals surface area contributed by atoms with Crippen LogP contribution in [-0.2, 0) is 0 Å². The predicted molar refractivity (Wildman–Crippen MR) is 43.3 cm³/mol. The first-order valence-corrected chi connectivity index (χ1v) is 5.74. The summed E-state index contributed by atoms with van der Waals surface area (Å²) in [5, 5.41) is 6.61. The van der Waals surface area contributed by atoms with Gasteiger partial charge >= 0.3 is 0 Å². The fourth-order valence-electron chi connectivity index (χ4n) is 0.637. The lowest BCUT2D eigenvalue weighted by Crippen LogP contribution is -2.33. The normalized spacial score (nSPS) is 13.1. The van der Waals surface area contributed by atoms with E-state index < -0.39 is 8.27 Å². The Hall–Kier alpha value is -0.313. The van der Waals surface area contributed by atoms with Crippen LogP contribution in [0.25, 0.3) is 0 Å². The van der Waals surface area contributed by atoms with Crippen molar-refractivity contribution < 1.29 is 0 Å². The highest BCUT2D eigenvalue weighted by Crippen LogP contribution is 1.85. The number of benzene rings is 1. The smallest absolute Gasteiger partial charge is 0.239 e. The first-order chi connectivity index (χ1) is 4.30. The van der Waals surface area contributed by atoms with Crippen LogP contribution < -0.4 is 10.6 Å². The van der Waals surface area contributed by atoms with Crippen molar-refractivity contribution in [3.8, 4) is 0 Å². The fourth-order valence-corrected chi connectivity index (χ4v) is 1.66. The molecule has 0 saturated heterocycles. The molecule has 2 N–H and O–H groups in total. The van der Waals surface area contributed by atoms with Gasteiger partial charge in [0.25, 0.3) is 0 Å². The van der Waals surface area contributed by atoms with E-state index in [0.29, 0.717) is 0 Å². The van der Waals surface area contributed by atoms with Gasteiger partial charge in [0.15, 0.2) is 0 Å². The van der Waals surface area contributed by atoms with Crippen molar-refractivity contribution in [2.45, 2.75) is 0 Å². The first kappa shape index (κ1) is 6.80. The third-order valence-electron chi connectivity index (χ3n) is 1.12. The molecule has 1 rings (SSSR count). The molecule has 1 aromatic carbocycles. The van der Waals surface area contributed by atoms with E-state index in [-0.39, 0.29) is 0 Å². The third kappa shape index (κ3) is 1.82. The molecule has 9 heavy (non-hydrogen) atoms. The molecule has 0 aromatic heterocycles. The minimum Gasteiger partial charge on any atom is -0.338 e. The Kier molecular flexibility index (Phi) is 2.27. The number of rotatable bonds is 1. The molecule has 0 bridgehead atoms. The van der Waals surface area contributed by atoms with Crippen molar-refractivity contribution in [2.24, 2.45) is 5.40 Å². The van der Waals surface area contributed by atoms with E-state index in [1.54, 1.807) is 0 Å². The molecule has 0 aliphatic heterocycles. The van der Waals surface area contributed by atoms with Crippen molar-refractivity contribution >= 4 is 24.5 Å². The Morgan fingerprint density at radius 1 is 1.22 bits per heavy atom. The van der Waals surface area contributed by atoms with Crippen molar-refractivity contribution in [3.05, 3.63) is 30.3 Å². The summed E-state index contributed by atoms with van der Waals surface area (Å²) < 4.78 is 0. The highest BCUT2D eigenvalue weighted by molar-refractivity contribution is 7.12. The second-order valence-electron chi connectivity index (χ2n) is 1.81. The Morgan fingerprint density at radius 3 is 2.11 bits per heavy atom. The second-order valence-corrected chi connectivity index (χ2v) is 4.69. The lowest BCUT2D eigenvalue weighted by Gasteiger charge is -1.97. The highest BCUT2D eigenvalue weighted by Gasteiger charge is 1.99. The van der Waals surface area contributed by atoms with Crippen LogP contribution in [0.3, 0.4) is 0 Å². The largest absolute Gasteiger partial charge is 0.338 e. The Labute approximate surface area is 60.8 Å². The molecule has 0 aliphatic rings. The fraction of sp³-hybridized carbons (Fsp3) is 0. The van der Waals surface area contributed by atoms with E-state index in [1.165, 1.54) is 0 Å². The van der Waals surface area contributed by atoms with Crippen LogP contribution in [0.4, 0.5) is 0 Å². The topological polar surface area (TPSA) is 26.0 Å². The Morgan fingerprint density at radius 2 is 1.78 bits per heavy atom. The SMILES string of the molecule is N[SiH](Cl)c1ccccc1. The minimum absolute atomic E-state index is 1.10. The first-order valence-electron chi connectivity index (χ1n) is 2.75. The molecular weight excluding hydrogens is 150 g/mol. The van der Waals surface area contributed by atoms with E-state index in [9.17, 15) is 0 Å². The standard InChI is InChI=1S/C6H8ClNSi/c7-9(8)6-4-2-1-3-5-6/h1-5,9H,8H2. The summed E-state index contributed by atoms with van der Waals surface area (Å²) in [4.78, 5) is 0. The van der Waals surface area contributed by atoms with E-state index >= 15 is 0 Å². The molecule has 3 heteroatoms. The van der Waals surface area contributed by atoms with Crippen LogP contribution in [0.5, 0.6) is 0 Å². The molecule has 0 heterocycles. The van der Waals surface area contributed by atoms with Gasteiger partial charge in [-0.3, -0.25) is 0 Å². The Balaban J connectivity index is 2.85. The highest BCUT2D eigenvalue weighted by atomic mass is 35.6. The van der Waals surface area contributed by atoms with Gasteiger partial charge in [0.2, 0.25) is 8.27 Å². The summed E-state index contributed by atoms with van der Waals surface area (Å²) in [5.41, 5.74) is 0. The molecular formula is C6H8ClNSi. The summed E-state index contributed by atoms with van der Waals surface area (Å²) in [6, 6.07) is 9.78. The van der Waals surface area contributed by atoms with Gasteiger partial charge in [0.1, 0.15) is 0 Å². The van der Waals surface area contributed by atoms with E-state index in [2.05, 4.69) is 0 Å². The molecule has 1 unspecified atom stereocenters. The quantitative estimate of drug-likeness (QED) is 0.461. The summed E-state index contributed by atoms with van der Waals surface area (Å²) >= 11 is 5.72. The van der Waals surface area contributed by atoms with Crippen molar-refractivity contribution in [1.29, 1.82) is 0 Å². The van der Waals surface area contributed by atoms with Crippen molar-refractivity contribution in [1.82, 2.24) is 0 Å². The van der Waals surface area contributed by atoms with Gasteiger partial charge in [-0.1, -0.05) is 30.3 Å². The molecule has 48 valence electrons. The molecule has 1 aromatic rings. The van der Waals surface area contributed by atoms with E-state index in [4.69, 9.17) is 16.5 Å². The van der Waals surface area contributed by atoms with Gasteiger partial charge < -0.3 is 5.40 Å². The van der Waals surface area contributed by atoms with Gasteiger partial charge in [-0.15, -0.1) is 11.1 Å². The summed E-state index contributed by atoms with van der Waals surface area (Å²) in [7, 11) is -1.56. The van der Waals surface area contributed by atoms with Crippen LogP contribution in [0.2, 0.25) is 0 Å². The van der Waals surface area contributed by atoms with Crippen LogP contribution in [0.1, 0.15) is 0 Å². The van der Waals surface area contributed by atoms with Gasteiger partial charge in [0, 0.05) is 0 Å². The summed E-state index contributed by atoms with van der Waals surface area (Å²) in [6.45, 7) is 0. The van der Waals surface area contributed by atoms with E-state index in [1.807, 2.05) is 30.3 Å². The zero-order valence-electron chi connectivity index (χ0n) is 4.92. The average Bonchev–Trinajstić information content (AvgIpc) is 1.90. The molecule has 0 fully saturated rings. The van der Waals surface area contributed by atoms with Gasteiger partial charge in [-0.05, 0) is 5.19 Å². The average molecular weight is 158 g/mol. The zero-order valence-corrected chi connectivity index (χ0v) is 6.83. The zero-order chi connectivity index (χ0) is 6.69. The van der Waals surface area contributed by atoms with Crippen LogP contribution in [0, 0.1) is 0 Å². The molecule has 0 saturated carbocycles.